The zero-order valence-corrected chi connectivity index (χ0v) is 10.6. The van der Waals surface area contributed by atoms with E-state index in [-0.39, 0.29) is 17.7 Å². The minimum absolute atomic E-state index is 0.0993. The highest BCUT2D eigenvalue weighted by atomic mass is 16.3. The molecule has 0 fully saturated rings. The lowest BCUT2D eigenvalue weighted by Gasteiger charge is -2.20. The van der Waals surface area contributed by atoms with E-state index in [1.54, 1.807) is 6.07 Å². The summed E-state index contributed by atoms with van der Waals surface area (Å²) in [4.78, 5) is 8.37. The van der Waals surface area contributed by atoms with Crippen LogP contribution in [-0.2, 0) is 6.42 Å². The first kappa shape index (κ1) is 13.0. The number of aliphatic imine (C=N–C) groups is 2. The van der Waals surface area contributed by atoms with Gasteiger partial charge in [0.15, 0.2) is 23.4 Å². The number of benzene rings is 1. The van der Waals surface area contributed by atoms with Crippen molar-refractivity contribution in [3.63, 3.8) is 0 Å². The Morgan fingerprint density at radius 2 is 2.16 bits per heavy atom. The summed E-state index contributed by atoms with van der Waals surface area (Å²) in [7, 11) is 0. The van der Waals surface area contributed by atoms with E-state index in [1.165, 1.54) is 12.1 Å². The monoisotopic (exact) mass is 263 g/mol. The smallest absolute Gasteiger partial charge is 0.199 e. The molecule has 7 heteroatoms. The molecule has 1 aromatic rings. The Morgan fingerprint density at radius 1 is 1.37 bits per heavy atom. The van der Waals surface area contributed by atoms with Gasteiger partial charge in [-0.15, -0.1) is 0 Å². The number of nitrogens with two attached hydrogens (primary N) is 1. The van der Waals surface area contributed by atoms with Crippen LogP contribution < -0.4 is 16.4 Å². The first-order valence-electron chi connectivity index (χ1n) is 5.97. The van der Waals surface area contributed by atoms with Gasteiger partial charge in [-0.05, 0) is 31.0 Å². The maximum absolute atomic E-state index is 9.37. The zero-order chi connectivity index (χ0) is 13.8. The predicted molar refractivity (Wildman–Crippen MR) is 73.1 cm³/mol. The molecule has 0 spiro atoms. The molecule has 1 heterocycles. The number of hydrogen-bond donors (Lipinski definition) is 5. The van der Waals surface area contributed by atoms with E-state index in [2.05, 4.69) is 20.6 Å². The van der Waals surface area contributed by atoms with E-state index < -0.39 is 0 Å². The van der Waals surface area contributed by atoms with Gasteiger partial charge in [-0.1, -0.05) is 6.07 Å². The Kier molecular flexibility index (Phi) is 3.74. The van der Waals surface area contributed by atoms with Gasteiger partial charge in [0.2, 0.25) is 0 Å². The summed E-state index contributed by atoms with van der Waals surface area (Å²) in [5, 5.41) is 24.4. The topological polar surface area (TPSA) is 115 Å². The van der Waals surface area contributed by atoms with Crippen LogP contribution in [0.3, 0.4) is 0 Å². The van der Waals surface area contributed by atoms with Crippen molar-refractivity contribution in [3.8, 4) is 11.5 Å². The molecular weight excluding hydrogens is 246 g/mol. The van der Waals surface area contributed by atoms with Gasteiger partial charge in [-0.2, -0.15) is 0 Å². The van der Waals surface area contributed by atoms with Gasteiger partial charge in [0, 0.05) is 6.54 Å². The molecule has 1 aromatic carbocycles. The van der Waals surface area contributed by atoms with Crippen LogP contribution in [0.5, 0.6) is 11.5 Å². The van der Waals surface area contributed by atoms with E-state index in [0.717, 1.165) is 5.56 Å². The van der Waals surface area contributed by atoms with Crippen LogP contribution in [-0.4, -0.2) is 34.8 Å². The summed E-state index contributed by atoms with van der Waals surface area (Å²) < 4.78 is 0. The number of nitrogens with zero attached hydrogens (tertiary/aromatic N) is 2. The van der Waals surface area contributed by atoms with Crippen LogP contribution in [0.15, 0.2) is 28.2 Å². The van der Waals surface area contributed by atoms with E-state index in [9.17, 15) is 10.2 Å². The fraction of sp³-hybridized carbons (Fsp3) is 0.333. The first-order chi connectivity index (χ1) is 9.04. The maximum Gasteiger partial charge on any atom is 0.199 e. The number of hydrogen-bond acceptors (Lipinski definition) is 5. The summed E-state index contributed by atoms with van der Waals surface area (Å²) >= 11 is 0. The lowest BCUT2D eigenvalue weighted by Crippen LogP contribution is -2.52. The summed E-state index contributed by atoms with van der Waals surface area (Å²) in [6.45, 7) is 2.40. The average Bonchev–Trinajstić information content (AvgIpc) is 2.32. The van der Waals surface area contributed by atoms with E-state index in [0.29, 0.717) is 24.9 Å². The number of nitrogens with one attached hydrogen (secondary N) is 2. The summed E-state index contributed by atoms with van der Waals surface area (Å²) in [6.07, 6.45) is 0.546. The van der Waals surface area contributed by atoms with Gasteiger partial charge in [-0.3, -0.25) is 10.3 Å². The molecule has 1 aliphatic heterocycles. The molecule has 0 saturated heterocycles. The van der Waals surface area contributed by atoms with Gasteiger partial charge >= 0.3 is 0 Å². The molecule has 19 heavy (non-hydrogen) atoms. The Labute approximate surface area is 110 Å². The summed E-state index contributed by atoms with van der Waals surface area (Å²) in [6, 6.07) is 4.73. The Morgan fingerprint density at radius 3 is 2.84 bits per heavy atom. The molecule has 0 radical (unpaired) electrons. The third-order valence-electron chi connectivity index (χ3n) is 2.64. The lowest BCUT2D eigenvalue weighted by molar-refractivity contribution is 0.403. The minimum atomic E-state index is -0.122. The fourth-order valence-corrected chi connectivity index (χ4v) is 1.73. The van der Waals surface area contributed by atoms with Gasteiger partial charge in [0.25, 0.3) is 0 Å². The molecule has 1 aliphatic rings. The maximum atomic E-state index is 9.37. The third-order valence-corrected chi connectivity index (χ3v) is 2.64. The zero-order valence-electron chi connectivity index (χ0n) is 10.6. The predicted octanol–water partition coefficient (Wildman–Crippen LogP) is -0.150. The van der Waals surface area contributed by atoms with E-state index in [4.69, 9.17) is 5.73 Å². The molecule has 0 aliphatic carbocycles. The quantitative estimate of drug-likeness (QED) is 0.486. The van der Waals surface area contributed by atoms with E-state index in [1.807, 2.05) is 6.92 Å². The molecule has 102 valence electrons. The molecule has 7 nitrogen and oxygen atoms in total. The fourth-order valence-electron chi connectivity index (χ4n) is 1.73. The molecule has 0 amide bonds. The van der Waals surface area contributed by atoms with Crippen LogP contribution in [0, 0.1) is 0 Å². The first-order valence-corrected chi connectivity index (χ1v) is 5.97. The standard InChI is InChI=1S/C12H17N5O2/c1-7-15-11(13)17-12(16-7)14-5-4-8-2-3-9(18)10(19)6-8/h2-3,6-7,18-19H,4-5H2,1H3,(H4,13,14,15,16,17). The van der Waals surface area contributed by atoms with Crippen LogP contribution in [0.1, 0.15) is 12.5 Å². The molecule has 1 unspecified atom stereocenters. The van der Waals surface area contributed by atoms with Gasteiger partial charge in [0.05, 0.1) is 0 Å². The summed E-state index contributed by atoms with van der Waals surface area (Å²) in [5.74, 6) is 0.683. The number of guanidine groups is 2. The van der Waals surface area contributed by atoms with Gasteiger partial charge in [-0.25, -0.2) is 4.99 Å². The van der Waals surface area contributed by atoms with Crippen molar-refractivity contribution in [2.45, 2.75) is 19.5 Å². The molecular formula is C12H17N5O2. The van der Waals surface area contributed by atoms with Crippen molar-refractivity contribution in [2.75, 3.05) is 6.54 Å². The number of phenols is 2. The van der Waals surface area contributed by atoms with Crippen molar-refractivity contribution >= 4 is 11.9 Å². The lowest BCUT2D eigenvalue weighted by atomic mass is 10.1. The highest BCUT2D eigenvalue weighted by molar-refractivity contribution is 5.99. The SMILES string of the molecule is CC1N=C(N)NC(=NCCc2ccc(O)c(O)c2)N1. The Bertz CT molecular complexity index is 527. The van der Waals surface area contributed by atoms with Crippen LogP contribution in [0.2, 0.25) is 0 Å². The Hall–Kier alpha value is -2.44. The van der Waals surface area contributed by atoms with Crippen LogP contribution in [0.25, 0.3) is 0 Å². The van der Waals surface area contributed by atoms with Crippen molar-refractivity contribution in [2.24, 2.45) is 15.7 Å². The highest BCUT2D eigenvalue weighted by Crippen LogP contribution is 2.24. The van der Waals surface area contributed by atoms with Crippen molar-refractivity contribution in [1.29, 1.82) is 0 Å². The average molecular weight is 263 g/mol. The van der Waals surface area contributed by atoms with E-state index >= 15 is 0 Å². The molecule has 2 rings (SSSR count). The molecule has 0 saturated carbocycles. The van der Waals surface area contributed by atoms with Crippen molar-refractivity contribution in [3.05, 3.63) is 23.8 Å². The number of phenolic OH excluding ortho intramolecular Hbond substituents is 2. The van der Waals surface area contributed by atoms with Crippen LogP contribution >= 0.6 is 0 Å². The van der Waals surface area contributed by atoms with Gasteiger partial charge in [0.1, 0.15) is 6.17 Å². The van der Waals surface area contributed by atoms with Crippen molar-refractivity contribution < 1.29 is 10.2 Å². The summed E-state index contributed by atoms with van der Waals surface area (Å²) in [5.41, 5.74) is 6.49. The normalized spacial score (nSPS) is 20.6. The van der Waals surface area contributed by atoms with Crippen molar-refractivity contribution in [1.82, 2.24) is 10.6 Å². The van der Waals surface area contributed by atoms with Gasteiger partial charge < -0.3 is 21.3 Å². The molecule has 1 atom stereocenters. The minimum Gasteiger partial charge on any atom is -0.504 e. The molecule has 6 N–H and O–H groups in total. The molecule has 0 bridgehead atoms. The van der Waals surface area contributed by atoms with Crippen LogP contribution in [0.4, 0.5) is 0 Å². The molecule has 0 aromatic heterocycles. The Balaban J connectivity index is 1.92. The number of aromatic hydroxyl groups is 2. The second kappa shape index (κ2) is 5.47. The highest BCUT2D eigenvalue weighted by Gasteiger charge is 2.11. The largest absolute Gasteiger partial charge is 0.504 e. The number of rotatable bonds is 3. The second-order valence-corrected chi connectivity index (χ2v) is 4.26. The second-order valence-electron chi connectivity index (χ2n) is 4.26. The third kappa shape index (κ3) is 3.51.